The molecule has 4 heterocycles. The first-order valence-electron chi connectivity index (χ1n) is 8.82. The number of likely N-dealkylation sites (tertiary alicyclic amines) is 1. The third-order valence-corrected chi connectivity index (χ3v) is 4.77. The summed E-state index contributed by atoms with van der Waals surface area (Å²) in [7, 11) is 2.03. The van der Waals surface area contributed by atoms with Crippen molar-refractivity contribution >= 4 is 0 Å². The highest BCUT2D eigenvalue weighted by molar-refractivity contribution is 5.29. The first-order chi connectivity index (χ1) is 12.7. The molecule has 0 aromatic carbocycles. The Hall–Kier alpha value is -2.80. The van der Waals surface area contributed by atoms with Gasteiger partial charge in [-0.2, -0.15) is 0 Å². The first-order valence-corrected chi connectivity index (χ1v) is 8.82. The molecule has 0 unspecified atom stereocenters. The van der Waals surface area contributed by atoms with E-state index < -0.39 is 0 Å². The number of aryl methyl sites for hydroxylation is 2. The minimum Gasteiger partial charge on any atom is -0.436 e. The molecule has 7 heteroatoms. The lowest BCUT2D eigenvalue weighted by molar-refractivity contribution is 0.234. The summed E-state index contributed by atoms with van der Waals surface area (Å²) in [5.74, 6) is 2.26. The first kappa shape index (κ1) is 16.7. The molecule has 26 heavy (non-hydrogen) atoms. The zero-order chi connectivity index (χ0) is 17.9. The van der Waals surface area contributed by atoms with Gasteiger partial charge in [0.2, 0.25) is 5.88 Å². The molecule has 3 aromatic heterocycles. The monoisotopic (exact) mass is 350 g/mol. The van der Waals surface area contributed by atoms with E-state index in [9.17, 15) is 0 Å². The quantitative estimate of drug-likeness (QED) is 0.704. The third-order valence-electron chi connectivity index (χ3n) is 4.77. The van der Waals surface area contributed by atoms with Gasteiger partial charge in [0.1, 0.15) is 5.82 Å². The van der Waals surface area contributed by atoms with E-state index in [0.717, 1.165) is 43.1 Å². The van der Waals surface area contributed by atoms with Gasteiger partial charge in [-0.05, 0) is 38.4 Å². The summed E-state index contributed by atoms with van der Waals surface area (Å²) < 4.78 is 7.96. The van der Waals surface area contributed by atoms with Crippen molar-refractivity contribution in [2.24, 2.45) is 7.05 Å². The van der Waals surface area contributed by atoms with E-state index in [4.69, 9.17) is 9.72 Å². The van der Waals surface area contributed by atoms with E-state index in [1.54, 1.807) is 12.4 Å². The van der Waals surface area contributed by atoms with Gasteiger partial charge in [-0.3, -0.25) is 14.9 Å². The van der Waals surface area contributed by atoms with Crippen LogP contribution in [0.15, 0.2) is 43.1 Å². The Kier molecular flexibility index (Phi) is 4.62. The Bertz CT molecular complexity index is 893. The summed E-state index contributed by atoms with van der Waals surface area (Å²) in [5.41, 5.74) is 1.77. The maximum absolute atomic E-state index is 5.90. The Labute approximate surface area is 152 Å². The summed E-state index contributed by atoms with van der Waals surface area (Å²) in [6, 6.07) is 3.97. The van der Waals surface area contributed by atoms with Crippen LogP contribution in [0.4, 0.5) is 0 Å². The van der Waals surface area contributed by atoms with Crippen LogP contribution in [0, 0.1) is 6.92 Å². The van der Waals surface area contributed by atoms with Crippen LogP contribution in [-0.4, -0.2) is 35.9 Å². The van der Waals surface area contributed by atoms with Crippen LogP contribution in [0.25, 0.3) is 0 Å². The molecule has 1 saturated heterocycles. The Morgan fingerprint density at radius 2 is 2.15 bits per heavy atom. The molecule has 4 rings (SSSR count). The maximum atomic E-state index is 5.90. The van der Waals surface area contributed by atoms with Crippen molar-refractivity contribution in [1.29, 1.82) is 0 Å². The molecule has 0 amide bonds. The molecule has 1 atom stereocenters. The van der Waals surface area contributed by atoms with Crippen LogP contribution in [0.5, 0.6) is 11.6 Å². The smallest absolute Gasteiger partial charge is 0.238 e. The highest BCUT2D eigenvalue weighted by atomic mass is 16.5. The molecule has 1 aliphatic heterocycles. The lowest BCUT2D eigenvalue weighted by Crippen LogP contribution is -2.25. The van der Waals surface area contributed by atoms with Crippen molar-refractivity contribution in [3.05, 3.63) is 60.3 Å². The average molecular weight is 350 g/mol. The second-order valence-electron chi connectivity index (χ2n) is 6.55. The fourth-order valence-corrected chi connectivity index (χ4v) is 3.34. The summed E-state index contributed by atoms with van der Waals surface area (Å²) in [6.07, 6.45) is 11.3. The molecule has 0 aliphatic carbocycles. The minimum absolute atomic E-state index is 0.234. The van der Waals surface area contributed by atoms with Crippen LogP contribution < -0.4 is 4.74 Å². The largest absolute Gasteiger partial charge is 0.436 e. The van der Waals surface area contributed by atoms with Crippen LogP contribution >= 0.6 is 0 Å². The van der Waals surface area contributed by atoms with Crippen LogP contribution in [0.1, 0.15) is 36.1 Å². The molecule has 0 bridgehead atoms. The van der Waals surface area contributed by atoms with Gasteiger partial charge in [0.15, 0.2) is 5.75 Å². The van der Waals surface area contributed by atoms with Crippen molar-refractivity contribution in [2.75, 3.05) is 6.54 Å². The summed E-state index contributed by atoms with van der Waals surface area (Å²) in [4.78, 5) is 20.2. The topological polar surface area (TPSA) is 69.0 Å². The number of rotatable bonds is 5. The standard InChI is InChI=1S/C19H22N6O/c1-14-17(6-3-7-21-14)26-19-12-20-11-15(23-19)16-5-4-9-25(16)13-18-22-8-10-24(18)2/h3,6-8,10-12,16H,4-5,9,13H2,1-2H3/t16-/m1/s1. The van der Waals surface area contributed by atoms with Crippen molar-refractivity contribution in [3.8, 4) is 11.6 Å². The predicted octanol–water partition coefficient (Wildman–Crippen LogP) is 3.04. The van der Waals surface area contributed by atoms with Gasteiger partial charge in [0.25, 0.3) is 0 Å². The lowest BCUT2D eigenvalue weighted by Gasteiger charge is -2.23. The molecular formula is C19H22N6O. The average Bonchev–Trinajstić information content (AvgIpc) is 3.27. The molecule has 0 radical (unpaired) electrons. The second kappa shape index (κ2) is 7.21. The molecule has 3 aromatic rings. The van der Waals surface area contributed by atoms with Gasteiger partial charge in [0, 0.05) is 25.6 Å². The van der Waals surface area contributed by atoms with Crippen LogP contribution in [0.3, 0.4) is 0 Å². The van der Waals surface area contributed by atoms with E-state index in [1.807, 2.05) is 44.7 Å². The van der Waals surface area contributed by atoms with Crippen LogP contribution in [0.2, 0.25) is 0 Å². The SMILES string of the molecule is Cc1ncccc1Oc1cncc([C@H]2CCCN2Cc2nccn2C)n1. The highest BCUT2D eigenvalue weighted by Crippen LogP contribution is 2.32. The van der Waals surface area contributed by atoms with Gasteiger partial charge in [-0.15, -0.1) is 0 Å². The molecule has 7 nitrogen and oxygen atoms in total. The van der Waals surface area contributed by atoms with E-state index >= 15 is 0 Å². The van der Waals surface area contributed by atoms with Gasteiger partial charge in [-0.25, -0.2) is 9.97 Å². The zero-order valence-corrected chi connectivity index (χ0v) is 15.0. The van der Waals surface area contributed by atoms with Crippen molar-refractivity contribution < 1.29 is 4.74 Å². The number of ether oxygens (including phenoxy) is 1. The van der Waals surface area contributed by atoms with Gasteiger partial charge < -0.3 is 9.30 Å². The van der Waals surface area contributed by atoms with Crippen molar-refractivity contribution in [1.82, 2.24) is 29.4 Å². The summed E-state index contributed by atoms with van der Waals surface area (Å²) >= 11 is 0. The third kappa shape index (κ3) is 3.43. The molecule has 134 valence electrons. The number of hydrogen-bond donors (Lipinski definition) is 0. The fraction of sp³-hybridized carbons (Fsp3) is 0.368. The Morgan fingerprint density at radius 1 is 1.23 bits per heavy atom. The number of aromatic nitrogens is 5. The molecule has 1 fully saturated rings. The lowest BCUT2D eigenvalue weighted by atomic mass is 10.1. The maximum Gasteiger partial charge on any atom is 0.238 e. The fourth-order valence-electron chi connectivity index (χ4n) is 3.34. The van der Waals surface area contributed by atoms with Gasteiger partial charge >= 0.3 is 0 Å². The van der Waals surface area contributed by atoms with E-state index in [0.29, 0.717) is 11.6 Å². The molecular weight excluding hydrogens is 328 g/mol. The summed E-state index contributed by atoms with van der Waals surface area (Å²) in [5, 5.41) is 0. The van der Waals surface area contributed by atoms with Gasteiger partial charge in [0.05, 0.1) is 36.4 Å². The minimum atomic E-state index is 0.234. The summed E-state index contributed by atoms with van der Waals surface area (Å²) in [6.45, 7) is 3.76. The molecule has 0 N–H and O–H groups in total. The van der Waals surface area contributed by atoms with Crippen molar-refractivity contribution in [3.63, 3.8) is 0 Å². The van der Waals surface area contributed by atoms with Crippen LogP contribution in [-0.2, 0) is 13.6 Å². The number of pyridine rings is 1. The molecule has 1 aliphatic rings. The number of hydrogen-bond acceptors (Lipinski definition) is 6. The molecule has 0 saturated carbocycles. The van der Waals surface area contributed by atoms with E-state index in [2.05, 4.69) is 24.4 Å². The van der Waals surface area contributed by atoms with E-state index in [-0.39, 0.29) is 6.04 Å². The molecule has 0 spiro atoms. The number of nitrogens with zero attached hydrogens (tertiary/aromatic N) is 6. The zero-order valence-electron chi connectivity index (χ0n) is 15.0. The Morgan fingerprint density at radius 3 is 2.96 bits per heavy atom. The van der Waals surface area contributed by atoms with E-state index in [1.165, 1.54) is 0 Å². The van der Waals surface area contributed by atoms with Crippen molar-refractivity contribution in [2.45, 2.75) is 32.4 Å². The second-order valence-corrected chi connectivity index (χ2v) is 6.55. The van der Waals surface area contributed by atoms with Gasteiger partial charge in [-0.1, -0.05) is 0 Å². The Balaban J connectivity index is 1.53. The normalized spacial score (nSPS) is 17.5. The number of imidazole rings is 1. The predicted molar refractivity (Wildman–Crippen MR) is 96.7 cm³/mol. The highest BCUT2D eigenvalue weighted by Gasteiger charge is 2.28.